The second kappa shape index (κ2) is 9.24. The standard InChI is InChI=1S/C19H23NO5S/c1-5-7-16(21)20-18-17(19(22)25-6-2)13(11-26-18)12-8-9-14(23-3)15(10-12)24-4/h8-11H,5-7H2,1-4H3,(H,20,21). The number of carbonyl (C=O) groups is 2. The first-order valence-electron chi connectivity index (χ1n) is 8.36. The van der Waals surface area contributed by atoms with Crippen molar-refractivity contribution in [3.8, 4) is 22.6 Å². The predicted octanol–water partition coefficient (Wildman–Crippen LogP) is 4.35. The van der Waals surface area contributed by atoms with Gasteiger partial charge in [-0.1, -0.05) is 13.0 Å². The molecular weight excluding hydrogens is 354 g/mol. The van der Waals surface area contributed by atoms with Crippen LogP contribution in [0.25, 0.3) is 11.1 Å². The van der Waals surface area contributed by atoms with Gasteiger partial charge in [0.15, 0.2) is 11.5 Å². The van der Waals surface area contributed by atoms with E-state index in [0.29, 0.717) is 34.0 Å². The molecule has 0 bridgehead atoms. The number of nitrogens with one attached hydrogen (secondary N) is 1. The third-order valence-electron chi connectivity index (χ3n) is 3.70. The molecule has 0 spiro atoms. The van der Waals surface area contributed by atoms with E-state index < -0.39 is 5.97 Å². The smallest absolute Gasteiger partial charge is 0.341 e. The lowest BCUT2D eigenvalue weighted by molar-refractivity contribution is -0.116. The number of hydrogen-bond donors (Lipinski definition) is 1. The average Bonchev–Trinajstić information content (AvgIpc) is 3.05. The second-order valence-electron chi connectivity index (χ2n) is 5.44. The summed E-state index contributed by atoms with van der Waals surface area (Å²) < 4.78 is 15.8. The third-order valence-corrected chi connectivity index (χ3v) is 4.59. The predicted molar refractivity (Wildman–Crippen MR) is 102 cm³/mol. The largest absolute Gasteiger partial charge is 0.493 e. The monoisotopic (exact) mass is 377 g/mol. The maximum absolute atomic E-state index is 12.5. The Morgan fingerprint density at radius 3 is 2.46 bits per heavy atom. The van der Waals surface area contributed by atoms with E-state index in [4.69, 9.17) is 14.2 Å². The molecule has 2 rings (SSSR count). The van der Waals surface area contributed by atoms with Gasteiger partial charge in [-0.25, -0.2) is 4.79 Å². The highest BCUT2D eigenvalue weighted by Crippen LogP contribution is 2.39. The van der Waals surface area contributed by atoms with Crippen LogP contribution in [0.2, 0.25) is 0 Å². The van der Waals surface area contributed by atoms with Crippen molar-refractivity contribution >= 4 is 28.2 Å². The number of hydrogen-bond acceptors (Lipinski definition) is 6. The van der Waals surface area contributed by atoms with Crippen LogP contribution in [0.4, 0.5) is 5.00 Å². The third kappa shape index (κ3) is 4.35. The number of anilines is 1. The summed E-state index contributed by atoms with van der Waals surface area (Å²) in [5.74, 6) is 0.562. The molecule has 1 heterocycles. The number of rotatable bonds is 8. The van der Waals surface area contributed by atoms with Gasteiger partial charge in [0.2, 0.25) is 5.91 Å². The first-order valence-corrected chi connectivity index (χ1v) is 9.24. The van der Waals surface area contributed by atoms with Crippen LogP contribution in [0.1, 0.15) is 37.0 Å². The van der Waals surface area contributed by atoms with Crippen LogP contribution < -0.4 is 14.8 Å². The van der Waals surface area contributed by atoms with E-state index in [2.05, 4.69) is 5.32 Å². The van der Waals surface area contributed by atoms with Gasteiger partial charge in [0.1, 0.15) is 10.6 Å². The molecule has 0 saturated carbocycles. The van der Waals surface area contributed by atoms with Crippen molar-refractivity contribution in [1.82, 2.24) is 0 Å². The van der Waals surface area contributed by atoms with Crippen LogP contribution in [-0.4, -0.2) is 32.7 Å². The SMILES string of the molecule is CCCC(=O)Nc1scc(-c2ccc(OC)c(OC)c2)c1C(=O)OCC. The fourth-order valence-electron chi connectivity index (χ4n) is 2.49. The second-order valence-corrected chi connectivity index (χ2v) is 6.32. The molecule has 1 N–H and O–H groups in total. The summed E-state index contributed by atoms with van der Waals surface area (Å²) in [4.78, 5) is 24.5. The zero-order chi connectivity index (χ0) is 19.1. The van der Waals surface area contributed by atoms with E-state index in [0.717, 1.165) is 12.0 Å². The van der Waals surface area contributed by atoms with E-state index in [1.807, 2.05) is 18.4 Å². The van der Waals surface area contributed by atoms with Crippen LogP contribution in [0.5, 0.6) is 11.5 Å². The van der Waals surface area contributed by atoms with Gasteiger partial charge in [-0.2, -0.15) is 0 Å². The van der Waals surface area contributed by atoms with Gasteiger partial charge in [-0.05, 0) is 31.0 Å². The number of methoxy groups -OCH3 is 2. The van der Waals surface area contributed by atoms with E-state index in [1.165, 1.54) is 11.3 Å². The summed E-state index contributed by atoms with van der Waals surface area (Å²) in [6.45, 7) is 3.92. The Balaban J connectivity index is 2.49. The summed E-state index contributed by atoms with van der Waals surface area (Å²) in [5, 5.41) is 5.14. The highest BCUT2D eigenvalue weighted by molar-refractivity contribution is 7.15. The first-order chi connectivity index (χ1) is 12.5. The lowest BCUT2D eigenvalue weighted by Crippen LogP contribution is -2.14. The van der Waals surface area contributed by atoms with Crippen molar-refractivity contribution in [2.75, 3.05) is 26.1 Å². The van der Waals surface area contributed by atoms with Crippen LogP contribution >= 0.6 is 11.3 Å². The van der Waals surface area contributed by atoms with E-state index >= 15 is 0 Å². The molecule has 26 heavy (non-hydrogen) atoms. The Labute approximate surface area is 157 Å². The Morgan fingerprint density at radius 1 is 1.12 bits per heavy atom. The maximum Gasteiger partial charge on any atom is 0.341 e. The molecule has 0 saturated heterocycles. The molecule has 0 atom stereocenters. The molecule has 0 unspecified atom stereocenters. The first kappa shape index (κ1) is 19.8. The van der Waals surface area contributed by atoms with Crippen molar-refractivity contribution in [1.29, 1.82) is 0 Å². The quantitative estimate of drug-likeness (QED) is 0.693. The number of amides is 1. The molecule has 0 fully saturated rings. The maximum atomic E-state index is 12.5. The molecule has 7 heteroatoms. The van der Waals surface area contributed by atoms with Crippen molar-refractivity contribution in [2.45, 2.75) is 26.7 Å². The van der Waals surface area contributed by atoms with Gasteiger partial charge in [0.05, 0.1) is 20.8 Å². The Bertz CT molecular complexity index is 784. The molecule has 2 aromatic rings. The number of carbonyl (C=O) groups excluding carboxylic acids is 2. The number of esters is 1. The number of benzene rings is 1. The minimum Gasteiger partial charge on any atom is -0.493 e. The summed E-state index contributed by atoms with van der Waals surface area (Å²) in [6, 6.07) is 5.40. The van der Waals surface area contributed by atoms with Crippen LogP contribution in [-0.2, 0) is 9.53 Å². The average molecular weight is 377 g/mol. The molecular formula is C19H23NO5S. The summed E-state index contributed by atoms with van der Waals surface area (Å²) in [5.41, 5.74) is 1.81. The zero-order valence-corrected chi connectivity index (χ0v) is 16.2. The molecule has 0 radical (unpaired) electrons. The van der Waals surface area contributed by atoms with Gasteiger partial charge >= 0.3 is 5.97 Å². The van der Waals surface area contributed by atoms with Gasteiger partial charge in [0.25, 0.3) is 0 Å². The van der Waals surface area contributed by atoms with Crippen molar-refractivity contribution < 1.29 is 23.8 Å². The fourth-order valence-corrected chi connectivity index (χ4v) is 3.46. The number of ether oxygens (including phenoxy) is 3. The van der Waals surface area contributed by atoms with E-state index in [1.54, 1.807) is 33.3 Å². The van der Waals surface area contributed by atoms with Crippen molar-refractivity contribution in [3.05, 3.63) is 29.1 Å². The minimum atomic E-state index is -0.467. The van der Waals surface area contributed by atoms with Crippen LogP contribution in [0, 0.1) is 0 Å². The molecule has 140 valence electrons. The molecule has 0 aliphatic carbocycles. The molecule has 1 amide bonds. The highest BCUT2D eigenvalue weighted by atomic mass is 32.1. The molecule has 0 aliphatic heterocycles. The van der Waals surface area contributed by atoms with Crippen molar-refractivity contribution in [3.63, 3.8) is 0 Å². The van der Waals surface area contributed by atoms with Crippen LogP contribution in [0.3, 0.4) is 0 Å². The molecule has 6 nitrogen and oxygen atoms in total. The van der Waals surface area contributed by atoms with Gasteiger partial charge in [0, 0.05) is 17.4 Å². The van der Waals surface area contributed by atoms with Crippen molar-refractivity contribution in [2.24, 2.45) is 0 Å². The molecule has 1 aromatic heterocycles. The van der Waals surface area contributed by atoms with E-state index in [9.17, 15) is 9.59 Å². The molecule has 1 aromatic carbocycles. The lowest BCUT2D eigenvalue weighted by Gasteiger charge is -2.11. The Kier molecular flexibility index (Phi) is 7.03. The van der Waals surface area contributed by atoms with Crippen LogP contribution in [0.15, 0.2) is 23.6 Å². The fraction of sp³-hybridized carbons (Fsp3) is 0.368. The van der Waals surface area contributed by atoms with Gasteiger partial charge in [-0.15, -0.1) is 11.3 Å². The summed E-state index contributed by atoms with van der Waals surface area (Å²) in [7, 11) is 3.12. The van der Waals surface area contributed by atoms with Gasteiger partial charge < -0.3 is 19.5 Å². The zero-order valence-electron chi connectivity index (χ0n) is 15.4. The summed E-state index contributed by atoms with van der Waals surface area (Å²) >= 11 is 1.30. The van der Waals surface area contributed by atoms with Gasteiger partial charge in [-0.3, -0.25) is 4.79 Å². The normalized spacial score (nSPS) is 10.3. The van der Waals surface area contributed by atoms with E-state index in [-0.39, 0.29) is 12.5 Å². The Morgan fingerprint density at radius 2 is 1.85 bits per heavy atom. The summed E-state index contributed by atoms with van der Waals surface area (Å²) in [6.07, 6.45) is 1.13. The highest BCUT2D eigenvalue weighted by Gasteiger charge is 2.23. The topological polar surface area (TPSA) is 73.9 Å². The minimum absolute atomic E-state index is 0.126. The Hall–Kier alpha value is -2.54. The lowest BCUT2D eigenvalue weighted by atomic mass is 10.0. The molecule has 0 aliphatic rings. The number of thiophene rings is 1.